The van der Waals surface area contributed by atoms with Crippen LogP contribution >= 0.6 is 11.8 Å². The summed E-state index contributed by atoms with van der Waals surface area (Å²) in [4.78, 5) is 15.2. The Morgan fingerprint density at radius 2 is 2.38 bits per heavy atom. The molecule has 1 heterocycles. The summed E-state index contributed by atoms with van der Waals surface area (Å²) in [5.41, 5.74) is 1.05. The Bertz CT molecular complexity index is 256. The standard InChI is InChI=1S/C8H13N3OS/c1-6(2)5-10-7(12)11-8-9-3-4-13-8/h5H,3-4H2,1-2H3,(H2,9,10,11,12). The van der Waals surface area contributed by atoms with Crippen molar-refractivity contribution in [1.29, 1.82) is 0 Å². The molecule has 2 amide bonds. The minimum atomic E-state index is -0.227. The summed E-state index contributed by atoms with van der Waals surface area (Å²) in [6.45, 7) is 4.63. The summed E-state index contributed by atoms with van der Waals surface area (Å²) in [5, 5.41) is 5.96. The van der Waals surface area contributed by atoms with Crippen LogP contribution in [0.5, 0.6) is 0 Å². The van der Waals surface area contributed by atoms with Crippen LogP contribution < -0.4 is 10.6 Å². The second kappa shape index (κ2) is 4.91. The van der Waals surface area contributed by atoms with Crippen LogP contribution in [-0.4, -0.2) is 23.5 Å². The summed E-state index contributed by atoms with van der Waals surface area (Å²) in [6, 6.07) is -0.227. The van der Waals surface area contributed by atoms with Gasteiger partial charge in [0, 0.05) is 12.0 Å². The summed E-state index contributed by atoms with van der Waals surface area (Å²) < 4.78 is 0. The van der Waals surface area contributed by atoms with Crippen LogP contribution in [0.15, 0.2) is 16.8 Å². The smallest absolute Gasteiger partial charge is 0.314 e. The molecule has 4 nitrogen and oxygen atoms in total. The summed E-state index contributed by atoms with van der Waals surface area (Å²) in [7, 11) is 0. The van der Waals surface area contributed by atoms with Crippen molar-refractivity contribution in [2.45, 2.75) is 13.8 Å². The molecule has 0 spiro atoms. The SMILES string of the molecule is CC(C)=CNC(=O)NC1=NCCS1. The van der Waals surface area contributed by atoms with Crippen molar-refractivity contribution in [3.63, 3.8) is 0 Å². The van der Waals surface area contributed by atoms with Crippen molar-refractivity contribution in [3.05, 3.63) is 11.8 Å². The van der Waals surface area contributed by atoms with Crippen molar-refractivity contribution in [2.75, 3.05) is 12.3 Å². The number of amides is 2. The molecule has 2 N–H and O–H groups in total. The van der Waals surface area contributed by atoms with Gasteiger partial charge < -0.3 is 5.32 Å². The van der Waals surface area contributed by atoms with E-state index < -0.39 is 0 Å². The largest absolute Gasteiger partial charge is 0.324 e. The number of hydrogen-bond acceptors (Lipinski definition) is 3. The lowest BCUT2D eigenvalue weighted by molar-refractivity contribution is 0.248. The molecule has 1 aliphatic heterocycles. The lowest BCUT2D eigenvalue weighted by Crippen LogP contribution is -2.35. The van der Waals surface area contributed by atoms with Gasteiger partial charge >= 0.3 is 6.03 Å². The molecule has 0 unspecified atom stereocenters. The highest BCUT2D eigenvalue weighted by Gasteiger charge is 2.08. The van der Waals surface area contributed by atoms with Crippen molar-refractivity contribution in [2.24, 2.45) is 4.99 Å². The third-order valence-corrected chi connectivity index (χ3v) is 2.19. The van der Waals surface area contributed by atoms with E-state index in [9.17, 15) is 4.79 Å². The first-order valence-corrected chi connectivity index (χ1v) is 5.05. The van der Waals surface area contributed by atoms with Gasteiger partial charge in [0.15, 0.2) is 5.17 Å². The summed E-state index contributed by atoms with van der Waals surface area (Å²) >= 11 is 1.56. The van der Waals surface area contributed by atoms with Gasteiger partial charge in [-0.2, -0.15) is 0 Å². The van der Waals surface area contributed by atoms with Crippen LogP contribution in [0.4, 0.5) is 4.79 Å². The van der Waals surface area contributed by atoms with Gasteiger partial charge in [-0.05, 0) is 13.8 Å². The zero-order valence-corrected chi connectivity index (χ0v) is 8.57. The first kappa shape index (κ1) is 10.1. The summed E-state index contributed by atoms with van der Waals surface area (Å²) in [6.07, 6.45) is 1.66. The number of nitrogens with zero attached hydrogens (tertiary/aromatic N) is 1. The number of thioether (sulfide) groups is 1. The minimum Gasteiger partial charge on any atom is -0.314 e. The van der Waals surface area contributed by atoms with E-state index in [-0.39, 0.29) is 6.03 Å². The lowest BCUT2D eigenvalue weighted by atomic mass is 10.4. The van der Waals surface area contributed by atoms with Crippen molar-refractivity contribution >= 4 is 23.0 Å². The van der Waals surface area contributed by atoms with Crippen LogP contribution in [0.1, 0.15) is 13.8 Å². The molecule has 0 radical (unpaired) electrons. The first-order valence-electron chi connectivity index (χ1n) is 4.06. The van der Waals surface area contributed by atoms with Gasteiger partial charge in [0.2, 0.25) is 0 Å². The zero-order valence-electron chi connectivity index (χ0n) is 7.76. The number of aliphatic imine (C=N–C) groups is 1. The quantitative estimate of drug-likeness (QED) is 0.669. The predicted octanol–water partition coefficient (Wildman–Crippen LogP) is 1.31. The van der Waals surface area contributed by atoms with Gasteiger partial charge in [-0.15, -0.1) is 0 Å². The summed E-state index contributed by atoms with van der Waals surface area (Å²) in [5.74, 6) is 0.957. The van der Waals surface area contributed by atoms with Gasteiger partial charge in [0.1, 0.15) is 0 Å². The van der Waals surface area contributed by atoms with Gasteiger partial charge in [-0.1, -0.05) is 17.3 Å². The molecule has 0 fully saturated rings. The molecule has 72 valence electrons. The van der Waals surface area contributed by atoms with Crippen molar-refractivity contribution in [1.82, 2.24) is 10.6 Å². The molecule has 0 aromatic rings. The molecule has 0 aromatic heterocycles. The van der Waals surface area contributed by atoms with Gasteiger partial charge in [0.25, 0.3) is 0 Å². The fourth-order valence-electron chi connectivity index (χ4n) is 0.754. The van der Waals surface area contributed by atoms with E-state index in [0.29, 0.717) is 5.17 Å². The van der Waals surface area contributed by atoms with Gasteiger partial charge in [-0.3, -0.25) is 10.3 Å². The van der Waals surface area contributed by atoms with Crippen molar-refractivity contribution < 1.29 is 4.79 Å². The fraction of sp³-hybridized carbons (Fsp3) is 0.500. The van der Waals surface area contributed by atoms with E-state index in [2.05, 4.69) is 15.6 Å². The second-order valence-corrected chi connectivity index (χ2v) is 3.94. The Balaban J connectivity index is 2.29. The number of carbonyl (C=O) groups is 1. The average molecular weight is 199 g/mol. The molecule has 0 saturated carbocycles. The Morgan fingerprint density at radius 3 is 2.92 bits per heavy atom. The Kier molecular flexibility index (Phi) is 3.82. The van der Waals surface area contributed by atoms with Gasteiger partial charge in [-0.25, -0.2) is 4.79 Å². The minimum absolute atomic E-state index is 0.227. The number of urea groups is 1. The van der Waals surface area contributed by atoms with E-state index in [4.69, 9.17) is 0 Å². The van der Waals surface area contributed by atoms with Crippen LogP contribution in [0.2, 0.25) is 0 Å². The maximum Gasteiger partial charge on any atom is 0.324 e. The Morgan fingerprint density at radius 1 is 1.62 bits per heavy atom. The monoisotopic (exact) mass is 199 g/mol. The first-order chi connectivity index (χ1) is 6.18. The van der Waals surface area contributed by atoms with E-state index >= 15 is 0 Å². The van der Waals surface area contributed by atoms with E-state index in [1.807, 2.05) is 13.8 Å². The van der Waals surface area contributed by atoms with E-state index in [1.54, 1.807) is 18.0 Å². The highest BCUT2D eigenvalue weighted by atomic mass is 32.2. The number of hydrogen-bond donors (Lipinski definition) is 2. The lowest BCUT2D eigenvalue weighted by Gasteiger charge is -2.02. The number of amidine groups is 1. The van der Waals surface area contributed by atoms with Gasteiger partial charge in [0.05, 0.1) is 6.54 Å². The maximum absolute atomic E-state index is 11.1. The highest BCUT2D eigenvalue weighted by Crippen LogP contribution is 2.08. The van der Waals surface area contributed by atoms with E-state index in [1.165, 1.54) is 0 Å². The highest BCUT2D eigenvalue weighted by molar-refractivity contribution is 8.14. The third kappa shape index (κ3) is 3.98. The third-order valence-electron chi connectivity index (χ3n) is 1.30. The Hall–Kier alpha value is -0.970. The van der Waals surface area contributed by atoms with Crippen LogP contribution in [0.3, 0.4) is 0 Å². The molecule has 0 saturated heterocycles. The number of carbonyl (C=O) groups excluding carboxylic acids is 1. The maximum atomic E-state index is 11.1. The van der Waals surface area contributed by atoms with Crippen LogP contribution in [0.25, 0.3) is 0 Å². The molecular formula is C8H13N3OS. The molecule has 1 aliphatic rings. The normalized spacial score (nSPS) is 14.8. The average Bonchev–Trinajstić information content (AvgIpc) is 2.53. The van der Waals surface area contributed by atoms with Crippen LogP contribution in [0, 0.1) is 0 Å². The fourth-order valence-corrected chi connectivity index (χ4v) is 1.48. The zero-order chi connectivity index (χ0) is 9.68. The molecule has 0 aromatic carbocycles. The number of rotatable bonds is 1. The predicted molar refractivity (Wildman–Crippen MR) is 55.9 cm³/mol. The molecule has 1 rings (SSSR count). The molecule has 5 heteroatoms. The molecule has 0 bridgehead atoms. The number of nitrogens with one attached hydrogen (secondary N) is 2. The van der Waals surface area contributed by atoms with Crippen LogP contribution in [-0.2, 0) is 0 Å². The topological polar surface area (TPSA) is 53.5 Å². The van der Waals surface area contributed by atoms with E-state index in [0.717, 1.165) is 17.9 Å². The van der Waals surface area contributed by atoms with Crippen molar-refractivity contribution in [3.8, 4) is 0 Å². The molecule has 0 aliphatic carbocycles. The molecule has 13 heavy (non-hydrogen) atoms. The number of allylic oxidation sites excluding steroid dienone is 1. The Labute approximate surface area is 81.9 Å². The molecular weight excluding hydrogens is 186 g/mol. The second-order valence-electron chi connectivity index (χ2n) is 2.86. The molecule has 0 atom stereocenters.